The number of nitrogens with one attached hydrogen (secondary N) is 2. The van der Waals surface area contributed by atoms with Crippen molar-refractivity contribution < 1.29 is 4.79 Å². The Balaban J connectivity index is 2.49. The molecule has 1 atom stereocenters. The average Bonchev–Trinajstić information content (AvgIpc) is 2.56. The second-order valence-electron chi connectivity index (χ2n) is 2.43. The highest BCUT2D eigenvalue weighted by atomic mass is 35.5. The van der Waals surface area contributed by atoms with Gasteiger partial charge in [-0.15, -0.1) is 11.6 Å². The number of aromatic amines is 1. The lowest BCUT2D eigenvalue weighted by molar-refractivity contribution is -0.119. The van der Waals surface area contributed by atoms with Crippen LogP contribution in [0.15, 0.2) is 12.3 Å². The summed E-state index contributed by atoms with van der Waals surface area (Å²) in [5.74, 6) is -0.197. The smallest absolute Gasteiger partial charge is 0.235 e. The molecule has 0 aliphatic heterocycles. The fraction of sp³-hybridized carbons (Fsp3) is 0.429. The molecule has 0 saturated carbocycles. The average molecular weight is 188 g/mol. The molecule has 4 nitrogen and oxygen atoms in total. The Labute approximate surface area is 75.3 Å². The third kappa shape index (κ3) is 2.23. The molecule has 5 heteroatoms. The molecule has 2 N–H and O–H groups in total. The van der Waals surface area contributed by atoms with Gasteiger partial charge in [0.1, 0.15) is 5.88 Å². The molecular formula is C7H10ClN3O. The third-order valence-corrected chi connectivity index (χ3v) is 1.73. The largest absolute Gasteiger partial charge is 0.347 e. The number of halogens is 1. The van der Waals surface area contributed by atoms with E-state index < -0.39 is 0 Å². The predicted octanol–water partition coefficient (Wildman–Crippen LogP) is 0.826. The number of aromatic nitrogens is 2. The van der Waals surface area contributed by atoms with E-state index in [0.29, 0.717) is 0 Å². The van der Waals surface area contributed by atoms with Gasteiger partial charge in [0.25, 0.3) is 0 Å². The SMILES string of the molecule is CC(NC(=O)CCl)c1ccn[nH]1. The van der Waals surface area contributed by atoms with Gasteiger partial charge in [-0.2, -0.15) is 5.10 Å². The van der Waals surface area contributed by atoms with Crippen LogP contribution in [0.1, 0.15) is 18.7 Å². The molecule has 0 radical (unpaired) electrons. The number of amides is 1. The number of H-pyrrole nitrogens is 1. The maximum absolute atomic E-state index is 10.8. The van der Waals surface area contributed by atoms with Crippen molar-refractivity contribution in [2.24, 2.45) is 0 Å². The first-order valence-corrected chi connectivity index (χ1v) is 4.12. The number of nitrogens with zero attached hydrogens (tertiary/aromatic N) is 1. The Hall–Kier alpha value is -1.03. The molecule has 0 saturated heterocycles. The van der Waals surface area contributed by atoms with Crippen LogP contribution < -0.4 is 5.32 Å². The molecule has 0 aromatic carbocycles. The van der Waals surface area contributed by atoms with E-state index >= 15 is 0 Å². The first kappa shape index (κ1) is 9.06. The highest BCUT2D eigenvalue weighted by Crippen LogP contribution is 2.06. The van der Waals surface area contributed by atoms with Crippen molar-refractivity contribution in [1.29, 1.82) is 0 Å². The molecular weight excluding hydrogens is 178 g/mol. The monoisotopic (exact) mass is 187 g/mol. The first-order valence-electron chi connectivity index (χ1n) is 3.58. The molecule has 1 rings (SSSR count). The topological polar surface area (TPSA) is 57.8 Å². The van der Waals surface area contributed by atoms with E-state index in [1.165, 1.54) is 0 Å². The maximum atomic E-state index is 10.8. The van der Waals surface area contributed by atoms with Crippen LogP contribution in [0.3, 0.4) is 0 Å². The Kier molecular flexibility index (Phi) is 3.10. The van der Waals surface area contributed by atoms with Crippen LogP contribution in [0.4, 0.5) is 0 Å². The van der Waals surface area contributed by atoms with E-state index in [1.807, 2.05) is 6.92 Å². The summed E-state index contributed by atoms with van der Waals surface area (Å²) in [4.78, 5) is 10.8. The fourth-order valence-corrected chi connectivity index (χ4v) is 0.943. The lowest BCUT2D eigenvalue weighted by Crippen LogP contribution is -2.27. The summed E-state index contributed by atoms with van der Waals surface area (Å²) < 4.78 is 0. The van der Waals surface area contributed by atoms with Gasteiger partial charge in [0.15, 0.2) is 0 Å². The van der Waals surface area contributed by atoms with Crippen molar-refractivity contribution >= 4 is 17.5 Å². The Bertz CT molecular complexity index is 247. The van der Waals surface area contributed by atoms with Crippen LogP contribution in [0.2, 0.25) is 0 Å². The number of hydrogen-bond donors (Lipinski definition) is 2. The van der Waals surface area contributed by atoms with Crippen molar-refractivity contribution in [3.8, 4) is 0 Å². The molecule has 12 heavy (non-hydrogen) atoms. The zero-order chi connectivity index (χ0) is 8.97. The van der Waals surface area contributed by atoms with Gasteiger partial charge < -0.3 is 5.32 Å². The normalized spacial score (nSPS) is 12.5. The summed E-state index contributed by atoms with van der Waals surface area (Å²) >= 11 is 5.32. The highest BCUT2D eigenvalue weighted by molar-refractivity contribution is 6.27. The zero-order valence-corrected chi connectivity index (χ0v) is 7.43. The molecule has 66 valence electrons. The molecule has 1 aromatic heterocycles. The van der Waals surface area contributed by atoms with E-state index in [0.717, 1.165) is 5.69 Å². The summed E-state index contributed by atoms with van der Waals surface area (Å²) in [7, 11) is 0. The molecule has 0 aliphatic carbocycles. The van der Waals surface area contributed by atoms with Gasteiger partial charge >= 0.3 is 0 Å². The predicted molar refractivity (Wildman–Crippen MR) is 45.9 cm³/mol. The molecule has 1 unspecified atom stereocenters. The summed E-state index contributed by atoms with van der Waals surface area (Å²) in [6.07, 6.45) is 1.64. The van der Waals surface area contributed by atoms with Gasteiger partial charge in [-0.05, 0) is 13.0 Å². The molecule has 1 aromatic rings. The molecule has 0 spiro atoms. The van der Waals surface area contributed by atoms with Crippen LogP contribution in [0, 0.1) is 0 Å². The fourth-order valence-electron chi connectivity index (χ4n) is 0.866. The quantitative estimate of drug-likeness (QED) is 0.689. The number of hydrogen-bond acceptors (Lipinski definition) is 2. The van der Waals surface area contributed by atoms with Gasteiger partial charge in [-0.3, -0.25) is 9.89 Å². The van der Waals surface area contributed by atoms with Crippen LogP contribution in [0.5, 0.6) is 0 Å². The minimum Gasteiger partial charge on any atom is -0.347 e. The van der Waals surface area contributed by atoms with Crippen molar-refractivity contribution in [2.75, 3.05) is 5.88 Å². The summed E-state index contributed by atoms with van der Waals surface area (Å²) in [5, 5.41) is 9.22. The lowest BCUT2D eigenvalue weighted by Gasteiger charge is -2.09. The molecule has 0 bridgehead atoms. The Morgan fingerprint density at radius 1 is 1.92 bits per heavy atom. The zero-order valence-electron chi connectivity index (χ0n) is 6.67. The molecule has 1 amide bonds. The number of carbonyl (C=O) groups is 1. The molecule has 0 aliphatic rings. The maximum Gasteiger partial charge on any atom is 0.235 e. The Morgan fingerprint density at radius 3 is 3.17 bits per heavy atom. The van der Waals surface area contributed by atoms with Crippen LogP contribution in [-0.4, -0.2) is 22.0 Å². The second kappa shape index (κ2) is 4.11. The number of carbonyl (C=O) groups excluding carboxylic acids is 1. The van der Waals surface area contributed by atoms with Crippen molar-refractivity contribution in [2.45, 2.75) is 13.0 Å². The van der Waals surface area contributed by atoms with E-state index in [1.54, 1.807) is 12.3 Å². The van der Waals surface area contributed by atoms with E-state index in [-0.39, 0.29) is 17.8 Å². The van der Waals surface area contributed by atoms with Gasteiger partial charge in [0.05, 0.1) is 11.7 Å². The van der Waals surface area contributed by atoms with Crippen LogP contribution >= 0.6 is 11.6 Å². The second-order valence-corrected chi connectivity index (χ2v) is 2.70. The van der Waals surface area contributed by atoms with Crippen molar-refractivity contribution in [1.82, 2.24) is 15.5 Å². The standard InChI is InChI=1S/C7H10ClN3O/c1-5(10-7(12)4-8)6-2-3-9-11-6/h2-3,5H,4H2,1H3,(H,9,11)(H,10,12). The first-order chi connectivity index (χ1) is 5.74. The van der Waals surface area contributed by atoms with Crippen LogP contribution in [-0.2, 0) is 4.79 Å². The highest BCUT2D eigenvalue weighted by Gasteiger charge is 2.08. The minimum absolute atomic E-state index is 0.0154. The number of alkyl halides is 1. The minimum atomic E-state index is -0.182. The van der Waals surface area contributed by atoms with Crippen molar-refractivity contribution in [3.05, 3.63) is 18.0 Å². The molecule has 0 fully saturated rings. The van der Waals surface area contributed by atoms with Crippen molar-refractivity contribution in [3.63, 3.8) is 0 Å². The summed E-state index contributed by atoms with van der Waals surface area (Å²) in [6.45, 7) is 1.86. The van der Waals surface area contributed by atoms with E-state index in [9.17, 15) is 4.79 Å². The summed E-state index contributed by atoms with van der Waals surface area (Å²) in [5.41, 5.74) is 0.869. The van der Waals surface area contributed by atoms with Gasteiger partial charge in [-0.25, -0.2) is 0 Å². The Morgan fingerprint density at radius 2 is 2.67 bits per heavy atom. The lowest BCUT2D eigenvalue weighted by atomic mass is 10.2. The van der Waals surface area contributed by atoms with Crippen LogP contribution in [0.25, 0.3) is 0 Å². The van der Waals surface area contributed by atoms with E-state index in [2.05, 4.69) is 15.5 Å². The summed E-state index contributed by atoms with van der Waals surface area (Å²) in [6, 6.07) is 1.73. The van der Waals surface area contributed by atoms with Gasteiger partial charge in [-0.1, -0.05) is 0 Å². The number of rotatable bonds is 3. The van der Waals surface area contributed by atoms with Gasteiger partial charge in [0, 0.05) is 6.20 Å². The van der Waals surface area contributed by atoms with E-state index in [4.69, 9.17) is 11.6 Å². The third-order valence-electron chi connectivity index (χ3n) is 1.49. The van der Waals surface area contributed by atoms with Gasteiger partial charge in [0.2, 0.25) is 5.91 Å². The molecule has 1 heterocycles.